The fourth-order valence-corrected chi connectivity index (χ4v) is 2.25. The van der Waals surface area contributed by atoms with Gasteiger partial charge in [0.25, 0.3) is 5.91 Å². The van der Waals surface area contributed by atoms with Crippen LogP contribution >= 0.6 is 0 Å². The zero-order valence-electron chi connectivity index (χ0n) is 12.7. The van der Waals surface area contributed by atoms with E-state index in [-0.39, 0.29) is 25.6 Å². The van der Waals surface area contributed by atoms with Gasteiger partial charge in [0.1, 0.15) is 11.6 Å². The number of hydrogen-bond acceptors (Lipinski definition) is 3. The predicted molar refractivity (Wildman–Crippen MR) is 84.3 cm³/mol. The number of rotatable bonds is 6. The molecular formula is C17H18F2N2O2. The van der Waals surface area contributed by atoms with Crippen molar-refractivity contribution in [2.75, 3.05) is 18.5 Å². The summed E-state index contributed by atoms with van der Waals surface area (Å²) in [6.07, 6.45) is 0. The number of carbonyl (C=O) groups excluding carboxylic acids is 1. The summed E-state index contributed by atoms with van der Waals surface area (Å²) in [5, 5.41) is 14.4. The van der Waals surface area contributed by atoms with E-state index in [9.17, 15) is 13.6 Å². The SMILES string of the molecule is Cc1c(NCc2cc(F)cc(F)c2)cccc1C(=O)NCCO. The van der Waals surface area contributed by atoms with E-state index in [1.165, 1.54) is 12.1 Å². The second kappa shape index (κ2) is 7.69. The van der Waals surface area contributed by atoms with Crippen LogP contribution in [-0.4, -0.2) is 24.2 Å². The van der Waals surface area contributed by atoms with E-state index in [1.54, 1.807) is 25.1 Å². The van der Waals surface area contributed by atoms with Crippen molar-refractivity contribution in [1.82, 2.24) is 5.32 Å². The Kier molecular flexibility index (Phi) is 5.65. The first-order chi connectivity index (χ1) is 11.0. The van der Waals surface area contributed by atoms with E-state index >= 15 is 0 Å². The maximum absolute atomic E-state index is 13.2. The Morgan fingerprint density at radius 1 is 1.17 bits per heavy atom. The molecule has 6 heteroatoms. The van der Waals surface area contributed by atoms with Crippen LogP contribution in [0.4, 0.5) is 14.5 Å². The highest BCUT2D eigenvalue weighted by Gasteiger charge is 2.11. The van der Waals surface area contributed by atoms with Crippen LogP contribution < -0.4 is 10.6 Å². The van der Waals surface area contributed by atoms with Crippen molar-refractivity contribution in [3.63, 3.8) is 0 Å². The van der Waals surface area contributed by atoms with Gasteiger partial charge in [-0.2, -0.15) is 0 Å². The lowest BCUT2D eigenvalue weighted by molar-refractivity contribution is 0.0944. The molecule has 0 fully saturated rings. The Labute approximate surface area is 133 Å². The quantitative estimate of drug-likeness (QED) is 0.767. The van der Waals surface area contributed by atoms with Crippen LogP contribution in [0, 0.1) is 18.6 Å². The zero-order chi connectivity index (χ0) is 16.8. The summed E-state index contributed by atoms with van der Waals surface area (Å²) in [5.41, 5.74) is 2.37. The van der Waals surface area contributed by atoms with E-state index in [0.29, 0.717) is 16.8 Å². The molecular weight excluding hydrogens is 302 g/mol. The van der Waals surface area contributed by atoms with Gasteiger partial charge in [-0.25, -0.2) is 8.78 Å². The molecule has 2 aromatic carbocycles. The molecule has 2 rings (SSSR count). The van der Waals surface area contributed by atoms with Crippen LogP contribution in [0.2, 0.25) is 0 Å². The minimum Gasteiger partial charge on any atom is -0.395 e. The van der Waals surface area contributed by atoms with E-state index in [1.807, 2.05) is 0 Å². The lowest BCUT2D eigenvalue weighted by Gasteiger charge is -2.13. The van der Waals surface area contributed by atoms with Crippen molar-refractivity contribution in [3.05, 3.63) is 64.7 Å². The van der Waals surface area contributed by atoms with Gasteiger partial charge >= 0.3 is 0 Å². The van der Waals surface area contributed by atoms with Gasteiger partial charge in [0.15, 0.2) is 0 Å². The molecule has 0 aromatic heterocycles. The summed E-state index contributed by atoms with van der Waals surface area (Å²) in [5.74, 6) is -1.54. The highest BCUT2D eigenvalue weighted by Crippen LogP contribution is 2.20. The molecule has 0 heterocycles. The summed E-state index contributed by atoms with van der Waals surface area (Å²) in [6.45, 7) is 2.06. The third kappa shape index (κ3) is 4.50. The fraction of sp³-hybridized carbons (Fsp3) is 0.235. The Bertz CT molecular complexity index is 685. The lowest BCUT2D eigenvalue weighted by Crippen LogP contribution is -2.27. The third-order valence-electron chi connectivity index (χ3n) is 3.38. The Morgan fingerprint density at radius 3 is 2.52 bits per heavy atom. The van der Waals surface area contributed by atoms with Gasteiger partial charge < -0.3 is 15.7 Å². The van der Waals surface area contributed by atoms with Crippen molar-refractivity contribution in [1.29, 1.82) is 0 Å². The molecule has 0 saturated carbocycles. The van der Waals surface area contributed by atoms with Gasteiger partial charge in [0, 0.05) is 30.4 Å². The molecule has 0 saturated heterocycles. The number of anilines is 1. The topological polar surface area (TPSA) is 61.4 Å². The van der Waals surface area contributed by atoms with Gasteiger partial charge in [-0.05, 0) is 42.3 Å². The molecule has 0 atom stereocenters. The Morgan fingerprint density at radius 2 is 1.87 bits per heavy atom. The van der Waals surface area contributed by atoms with Crippen LogP contribution in [0.25, 0.3) is 0 Å². The van der Waals surface area contributed by atoms with Crippen molar-refractivity contribution in [2.45, 2.75) is 13.5 Å². The zero-order valence-corrected chi connectivity index (χ0v) is 12.7. The molecule has 2 aromatic rings. The van der Waals surface area contributed by atoms with Crippen molar-refractivity contribution < 1.29 is 18.7 Å². The number of benzene rings is 2. The second-order valence-electron chi connectivity index (χ2n) is 5.09. The first kappa shape index (κ1) is 16.9. The number of aliphatic hydroxyl groups excluding tert-OH is 1. The number of amides is 1. The number of hydrogen-bond donors (Lipinski definition) is 3. The highest BCUT2D eigenvalue weighted by molar-refractivity contribution is 5.97. The van der Waals surface area contributed by atoms with E-state index in [4.69, 9.17) is 5.11 Å². The van der Waals surface area contributed by atoms with E-state index in [0.717, 1.165) is 11.6 Å². The molecule has 0 radical (unpaired) electrons. The first-order valence-corrected chi connectivity index (χ1v) is 7.19. The fourth-order valence-electron chi connectivity index (χ4n) is 2.25. The van der Waals surface area contributed by atoms with Crippen molar-refractivity contribution in [3.8, 4) is 0 Å². The molecule has 0 aliphatic rings. The van der Waals surface area contributed by atoms with Gasteiger partial charge in [-0.1, -0.05) is 6.07 Å². The molecule has 1 amide bonds. The maximum atomic E-state index is 13.2. The average Bonchev–Trinajstić information content (AvgIpc) is 2.50. The normalized spacial score (nSPS) is 10.4. The average molecular weight is 320 g/mol. The molecule has 0 aliphatic carbocycles. The molecule has 0 aliphatic heterocycles. The minimum atomic E-state index is -0.629. The third-order valence-corrected chi connectivity index (χ3v) is 3.38. The van der Waals surface area contributed by atoms with Gasteiger partial charge in [-0.3, -0.25) is 4.79 Å². The monoisotopic (exact) mass is 320 g/mol. The predicted octanol–water partition coefficient (Wildman–Crippen LogP) is 2.61. The van der Waals surface area contributed by atoms with Crippen molar-refractivity contribution in [2.24, 2.45) is 0 Å². The number of halogens is 2. The van der Waals surface area contributed by atoms with Crippen LogP contribution in [0.5, 0.6) is 0 Å². The van der Waals surface area contributed by atoms with Crippen LogP contribution in [0.1, 0.15) is 21.5 Å². The summed E-state index contributed by atoms with van der Waals surface area (Å²) < 4.78 is 26.4. The van der Waals surface area contributed by atoms with Gasteiger partial charge in [0.05, 0.1) is 6.61 Å². The summed E-state index contributed by atoms with van der Waals surface area (Å²) >= 11 is 0. The van der Waals surface area contributed by atoms with Gasteiger partial charge in [0.2, 0.25) is 0 Å². The number of carbonyl (C=O) groups is 1. The summed E-state index contributed by atoms with van der Waals surface area (Å²) in [7, 11) is 0. The molecule has 4 nitrogen and oxygen atoms in total. The smallest absolute Gasteiger partial charge is 0.251 e. The Hall–Kier alpha value is -2.47. The number of aliphatic hydroxyl groups is 1. The van der Waals surface area contributed by atoms with E-state index in [2.05, 4.69) is 10.6 Å². The molecule has 122 valence electrons. The molecule has 3 N–H and O–H groups in total. The molecule has 23 heavy (non-hydrogen) atoms. The Balaban J connectivity index is 2.12. The summed E-state index contributed by atoms with van der Waals surface area (Å²) in [4.78, 5) is 12.0. The number of nitrogens with one attached hydrogen (secondary N) is 2. The molecule has 0 bridgehead atoms. The van der Waals surface area contributed by atoms with Crippen LogP contribution in [0.3, 0.4) is 0 Å². The highest BCUT2D eigenvalue weighted by atomic mass is 19.1. The van der Waals surface area contributed by atoms with Crippen LogP contribution in [-0.2, 0) is 6.54 Å². The maximum Gasteiger partial charge on any atom is 0.251 e. The summed E-state index contributed by atoms with van der Waals surface area (Å²) in [6, 6.07) is 8.51. The molecule has 0 unspecified atom stereocenters. The van der Waals surface area contributed by atoms with E-state index < -0.39 is 11.6 Å². The van der Waals surface area contributed by atoms with Crippen LogP contribution in [0.15, 0.2) is 36.4 Å². The van der Waals surface area contributed by atoms with Crippen molar-refractivity contribution >= 4 is 11.6 Å². The van der Waals surface area contributed by atoms with Gasteiger partial charge in [-0.15, -0.1) is 0 Å². The lowest BCUT2D eigenvalue weighted by atomic mass is 10.1. The first-order valence-electron chi connectivity index (χ1n) is 7.19. The standard InChI is InChI=1S/C17H18F2N2O2/c1-11-15(17(23)20-5-6-22)3-2-4-16(11)21-10-12-7-13(18)9-14(19)8-12/h2-4,7-9,21-22H,5-6,10H2,1H3,(H,20,23). The second-order valence-corrected chi connectivity index (χ2v) is 5.09. The molecule has 0 spiro atoms. The minimum absolute atomic E-state index is 0.131. The largest absolute Gasteiger partial charge is 0.395 e.